The predicted molar refractivity (Wildman–Crippen MR) is 39.6 cm³/mol. The quantitative estimate of drug-likeness (QED) is 0.569. The van der Waals surface area contributed by atoms with Crippen molar-refractivity contribution in [1.82, 2.24) is 0 Å². The molecule has 10 heavy (non-hydrogen) atoms. The van der Waals surface area contributed by atoms with E-state index in [-0.39, 0.29) is 5.78 Å². The van der Waals surface area contributed by atoms with Crippen molar-refractivity contribution >= 4 is 9.68 Å². The van der Waals surface area contributed by atoms with E-state index < -0.39 is 0 Å². The Balaban J connectivity index is 4.49. The third-order valence-electron chi connectivity index (χ3n) is 0.985. The van der Waals surface area contributed by atoms with E-state index in [2.05, 4.69) is 6.58 Å². The molecule has 0 bridgehead atoms. The van der Waals surface area contributed by atoms with Gasteiger partial charge in [-0.25, -0.2) is 0 Å². The molecule has 0 aliphatic heterocycles. The van der Waals surface area contributed by atoms with Gasteiger partial charge in [-0.1, -0.05) is 0 Å². The second-order valence-corrected chi connectivity index (χ2v) is 4.28. The summed E-state index contributed by atoms with van der Waals surface area (Å²) in [6.07, 6.45) is 3.46. The minimum atomic E-state index is 0.0793. The van der Waals surface area contributed by atoms with Crippen LogP contribution in [-0.2, 0) is 24.1 Å². The fraction of sp³-hybridized carbons (Fsp3) is 0.250. The monoisotopic (exact) mass is 306 g/mol. The molecule has 0 aromatic carbocycles. The molecule has 0 aliphatic rings. The molecule has 0 fully saturated rings. The Morgan fingerprint density at radius 3 is 2.10 bits per heavy atom. The minimum absolute atomic E-state index is 0.0793. The van der Waals surface area contributed by atoms with Crippen molar-refractivity contribution in [2.75, 3.05) is 0 Å². The van der Waals surface area contributed by atoms with Crippen molar-refractivity contribution in [3.05, 3.63) is 24.3 Å². The van der Waals surface area contributed by atoms with Crippen LogP contribution in [0.15, 0.2) is 24.3 Å². The molecule has 1 nitrogen and oxygen atoms in total. The molecule has 2 heteroatoms. The van der Waals surface area contributed by atoms with E-state index in [9.17, 15) is 4.79 Å². The third-order valence-corrected chi connectivity index (χ3v) is 1.41. The molecule has 0 N–H and O–H groups in total. The molecule has 0 radical (unpaired) electrons. The van der Waals surface area contributed by atoms with E-state index in [1.807, 2.05) is 13.0 Å². The van der Waals surface area contributed by atoms with Crippen LogP contribution in [0.3, 0.4) is 0 Å². The van der Waals surface area contributed by atoms with Crippen LogP contribution >= 0.6 is 0 Å². The fourth-order valence-electron chi connectivity index (χ4n) is 0.523. The van der Waals surface area contributed by atoms with Gasteiger partial charge in [0, 0.05) is 0 Å². The molecule has 0 aromatic rings. The van der Waals surface area contributed by atoms with E-state index in [1.54, 1.807) is 13.0 Å². The number of carbonyl (C=O) groups is 1. The number of rotatable bonds is 3. The molecule has 0 rings (SSSR count). The Bertz CT molecular complexity index is 201. The number of hydrogen-bond acceptors (Lipinski definition) is 1. The zero-order chi connectivity index (χ0) is 8.15. The van der Waals surface area contributed by atoms with Gasteiger partial charge in [-0.3, -0.25) is 0 Å². The molecule has 54 valence electrons. The Hall–Kier alpha value is -0.292. The summed E-state index contributed by atoms with van der Waals surface area (Å²) in [5.41, 5.74) is 0.701. The molecule has 0 saturated heterocycles. The molecule has 0 spiro atoms. The standard InChI is InChI=1S/C8H10O.W/c1-4-6-8(5-2)7(3)9;/h5-6H,2H2,1,3H3;/b8-6+;. The first-order valence-corrected chi connectivity index (χ1v) is 4.40. The summed E-state index contributed by atoms with van der Waals surface area (Å²) in [5, 5.41) is 0. The normalized spacial score (nSPS) is 10.8. The van der Waals surface area contributed by atoms with E-state index >= 15 is 0 Å². The summed E-state index contributed by atoms with van der Waals surface area (Å²) in [7, 11) is 0. The van der Waals surface area contributed by atoms with Crippen molar-refractivity contribution in [3.63, 3.8) is 0 Å². The van der Waals surface area contributed by atoms with Crippen LogP contribution in [0.4, 0.5) is 0 Å². The number of ketones is 1. The Morgan fingerprint density at radius 2 is 2.00 bits per heavy atom. The summed E-state index contributed by atoms with van der Waals surface area (Å²) in [5.74, 6) is 0.0793. The summed E-state index contributed by atoms with van der Waals surface area (Å²) in [6.45, 7) is 7.08. The number of hydrogen-bond donors (Lipinski definition) is 0. The van der Waals surface area contributed by atoms with Crippen molar-refractivity contribution in [2.24, 2.45) is 0 Å². The average molecular weight is 306 g/mol. The maximum atomic E-state index is 10.8. The van der Waals surface area contributed by atoms with Gasteiger partial charge >= 0.3 is 72.0 Å². The molecular formula is C8H10OW. The van der Waals surface area contributed by atoms with Crippen LogP contribution in [0.5, 0.6) is 0 Å². The van der Waals surface area contributed by atoms with Crippen LogP contribution in [0, 0.1) is 0 Å². The fourth-order valence-corrected chi connectivity index (χ4v) is 0.979. The average Bonchev–Trinajstić information content (AvgIpc) is 1.81. The first kappa shape index (κ1) is 9.71. The molecule has 0 unspecified atom stereocenters. The molecule has 0 heterocycles. The predicted octanol–water partition coefficient (Wildman–Crippen LogP) is 1.43. The Morgan fingerprint density at radius 1 is 1.50 bits per heavy atom. The van der Waals surface area contributed by atoms with Crippen molar-refractivity contribution in [2.45, 2.75) is 13.8 Å². The van der Waals surface area contributed by atoms with Gasteiger partial charge in [0.25, 0.3) is 0 Å². The van der Waals surface area contributed by atoms with Crippen LogP contribution in [0.2, 0.25) is 0 Å². The van der Waals surface area contributed by atoms with Crippen LogP contribution < -0.4 is 0 Å². The maximum absolute atomic E-state index is 10.8. The summed E-state index contributed by atoms with van der Waals surface area (Å²) in [4.78, 5) is 10.8. The third kappa shape index (κ3) is 3.68. The Labute approximate surface area is 72.2 Å². The van der Waals surface area contributed by atoms with Crippen LogP contribution in [-0.4, -0.2) is 9.68 Å². The van der Waals surface area contributed by atoms with E-state index in [0.29, 0.717) is 5.57 Å². The molecule has 0 atom stereocenters. The van der Waals surface area contributed by atoms with E-state index in [1.165, 1.54) is 23.3 Å². The zero-order valence-electron chi connectivity index (χ0n) is 6.18. The van der Waals surface area contributed by atoms with Crippen molar-refractivity contribution in [3.8, 4) is 0 Å². The molecule has 0 amide bonds. The molecule has 0 aliphatic carbocycles. The van der Waals surface area contributed by atoms with Gasteiger partial charge in [0.1, 0.15) is 0 Å². The van der Waals surface area contributed by atoms with Crippen LogP contribution in [0.25, 0.3) is 0 Å². The van der Waals surface area contributed by atoms with Gasteiger partial charge in [0.2, 0.25) is 0 Å². The van der Waals surface area contributed by atoms with Gasteiger partial charge in [0.05, 0.1) is 0 Å². The molecular weight excluding hydrogens is 296 g/mol. The van der Waals surface area contributed by atoms with Crippen molar-refractivity contribution < 1.29 is 24.1 Å². The van der Waals surface area contributed by atoms with E-state index in [0.717, 1.165) is 0 Å². The second kappa shape index (κ2) is 4.51. The van der Waals surface area contributed by atoms with Gasteiger partial charge in [-0.2, -0.15) is 0 Å². The summed E-state index contributed by atoms with van der Waals surface area (Å²) >= 11 is 1.38. The van der Waals surface area contributed by atoms with Crippen LogP contribution in [0.1, 0.15) is 13.8 Å². The van der Waals surface area contributed by atoms with Crippen molar-refractivity contribution in [1.29, 1.82) is 0 Å². The number of carbonyl (C=O) groups excluding carboxylic acids is 1. The summed E-state index contributed by atoms with van der Waals surface area (Å²) < 4.78 is 1.20. The summed E-state index contributed by atoms with van der Waals surface area (Å²) in [6, 6.07) is 0. The number of Topliss-reactive ketones (excluding diaryl/α,β-unsaturated/α-hetero) is 1. The van der Waals surface area contributed by atoms with Gasteiger partial charge < -0.3 is 0 Å². The molecule has 0 aromatic heterocycles. The molecule has 0 saturated carbocycles. The van der Waals surface area contributed by atoms with Gasteiger partial charge in [-0.05, 0) is 0 Å². The topological polar surface area (TPSA) is 17.1 Å². The Kier molecular flexibility index (Phi) is 4.38. The van der Waals surface area contributed by atoms with Gasteiger partial charge in [0.15, 0.2) is 0 Å². The second-order valence-electron chi connectivity index (χ2n) is 1.97. The number of allylic oxidation sites excluding steroid dienone is 3. The first-order valence-electron chi connectivity index (χ1n) is 2.93. The SMILES string of the molecule is C=C/C(=C\[C](C)=[W])C(C)=O. The first-order chi connectivity index (χ1) is 4.57. The van der Waals surface area contributed by atoms with Gasteiger partial charge in [-0.15, -0.1) is 0 Å². The zero-order valence-corrected chi connectivity index (χ0v) is 9.11. The van der Waals surface area contributed by atoms with E-state index in [4.69, 9.17) is 0 Å².